The Balaban J connectivity index is 2.39. The first-order chi connectivity index (χ1) is 7.82. The van der Waals surface area contributed by atoms with E-state index in [2.05, 4.69) is 0 Å². The molecule has 17 heavy (non-hydrogen) atoms. The minimum atomic E-state index is -1.12. The quantitative estimate of drug-likeness (QED) is 0.568. The molecule has 2 unspecified atom stereocenters. The van der Waals surface area contributed by atoms with E-state index in [-0.39, 0.29) is 5.92 Å². The van der Waals surface area contributed by atoms with Crippen molar-refractivity contribution in [3.63, 3.8) is 0 Å². The number of carboxylic acid groups (broad SMARTS) is 2. The second-order valence-corrected chi connectivity index (χ2v) is 4.33. The van der Waals surface area contributed by atoms with Gasteiger partial charge in [-0.2, -0.15) is 0 Å². The van der Waals surface area contributed by atoms with E-state index < -0.39 is 36.2 Å². The molecule has 0 spiro atoms. The Morgan fingerprint density at radius 3 is 2.29 bits per heavy atom. The minimum absolute atomic E-state index is 0.0755. The normalized spacial score (nSPS) is 19.3. The summed E-state index contributed by atoms with van der Waals surface area (Å²) in [6, 6.07) is -1.05. The number of nitrogens with zero attached hydrogens (tertiary/aromatic N) is 1. The fourth-order valence-corrected chi connectivity index (χ4v) is 1.72. The van der Waals surface area contributed by atoms with Gasteiger partial charge in [0.25, 0.3) is 0 Å². The summed E-state index contributed by atoms with van der Waals surface area (Å²) < 4.78 is 0. The average Bonchev–Trinajstić information content (AvgIpc) is 2.13. The summed E-state index contributed by atoms with van der Waals surface area (Å²) in [4.78, 5) is 34.0. The first kappa shape index (κ1) is 13.4. The van der Waals surface area contributed by atoms with Crippen LogP contribution in [0.15, 0.2) is 0 Å². The minimum Gasteiger partial charge on any atom is -0.481 e. The van der Waals surface area contributed by atoms with Gasteiger partial charge in [0, 0.05) is 19.0 Å². The van der Waals surface area contributed by atoms with Gasteiger partial charge in [-0.25, -0.2) is 0 Å². The lowest BCUT2D eigenvalue weighted by molar-refractivity contribution is -0.151. The summed E-state index contributed by atoms with van der Waals surface area (Å²) in [5.74, 6) is -3.02. The third-order valence-electron chi connectivity index (χ3n) is 3.03. The van der Waals surface area contributed by atoms with Crippen LogP contribution in [-0.2, 0) is 14.4 Å². The van der Waals surface area contributed by atoms with Gasteiger partial charge in [-0.05, 0) is 0 Å². The zero-order chi connectivity index (χ0) is 13.2. The number of rotatable bonds is 5. The van der Waals surface area contributed by atoms with Crippen LogP contribution < -0.4 is 5.73 Å². The number of nitrogens with two attached hydrogens (primary N) is 1. The number of carbonyl (C=O) groups is 3. The number of hydrogen-bond acceptors (Lipinski definition) is 4. The van der Waals surface area contributed by atoms with E-state index in [1.807, 2.05) is 0 Å². The maximum Gasteiger partial charge on any atom is 0.306 e. The smallest absolute Gasteiger partial charge is 0.306 e. The summed E-state index contributed by atoms with van der Waals surface area (Å²) in [5, 5.41) is 17.3. The molecular weight excluding hydrogens is 228 g/mol. The summed E-state index contributed by atoms with van der Waals surface area (Å²) in [6.07, 6.45) is -0.408. The second kappa shape index (κ2) is 5.13. The van der Waals surface area contributed by atoms with Crippen molar-refractivity contribution in [2.24, 2.45) is 17.6 Å². The predicted molar refractivity (Wildman–Crippen MR) is 57.1 cm³/mol. The Morgan fingerprint density at radius 1 is 1.35 bits per heavy atom. The van der Waals surface area contributed by atoms with Gasteiger partial charge in [0.2, 0.25) is 5.91 Å². The monoisotopic (exact) mass is 244 g/mol. The SMILES string of the molecule is CC(C(=O)O)C1CN(C(=O)C(N)CC(=O)O)C1. The number of carboxylic acids is 2. The highest BCUT2D eigenvalue weighted by Crippen LogP contribution is 2.24. The number of likely N-dealkylation sites (tertiary alicyclic amines) is 1. The lowest BCUT2D eigenvalue weighted by atomic mass is 9.86. The molecule has 0 aliphatic carbocycles. The van der Waals surface area contributed by atoms with Crippen LogP contribution in [0, 0.1) is 11.8 Å². The molecular formula is C10H16N2O5. The molecule has 2 atom stereocenters. The van der Waals surface area contributed by atoms with E-state index in [9.17, 15) is 14.4 Å². The summed E-state index contributed by atoms with van der Waals surface area (Å²) >= 11 is 0. The average molecular weight is 244 g/mol. The van der Waals surface area contributed by atoms with Crippen molar-refractivity contribution < 1.29 is 24.6 Å². The molecule has 1 rings (SSSR count). The molecule has 7 heteroatoms. The van der Waals surface area contributed by atoms with Gasteiger partial charge < -0.3 is 20.8 Å². The highest BCUT2D eigenvalue weighted by molar-refractivity contribution is 5.86. The zero-order valence-electron chi connectivity index (χ0n) is 9.50. The number of amides is 1. The van der Waals surface area contributed by atoms with Gasteiger partial charge in [0.05, 0.1) is 18.4 Å². The Bertz CT molecular complexity index is 338. The molecule has 96 valence electrons. The Kier molecular flexibility index (Phi) is 4.06. The second-order valence-electron chi connectivity index (χ2n) is 4.33. The summed E-state index contributed by atoms with van der Waals surface area (Å²) in [7, 11) is 0. The van der Waals surface area contributed by atoms with Gasteiger partial charge in [-0.15, -0.1) is 0 Å². The van der Waals surface area contributed by atoms with E-state index in [0.717, 1.165) is 0 Å². The number of hydrogen-bond donors (Lipinski definition) is 3. The molecule has 0 aromatic carbocycles. The molecule has 7 nitrogen and oxygen atoms in total. The maximum atomic E-state index is 11.6. The molecule has 1 heterocycles. The summed E-state index contributed by atoms with van der Waals surface area (Å²) in [5.41, 5.74) is 5.42. The molecule has 1 aliphatic rings. The third kappa shape index (κ3) is 3.16. The van der Waals surface area contributed by atoms with Crippen molar-refractivity contribution >= 4 is 17.8 Å². The van der Waals surface area contributed by atoms with Crippen LogP contribution in [0.1, 0.15) is 13.3 Å². The van der Waals surface area contributed by atoms with Crippen molar-refractivity contribution in [1.82, 2.24) is 4.90 Å². The summed E-state index contributed by atoms with van der Waals surface area (Å²) in [6.45, 7) is 2.26. The zero-order valence-corrected chi connectivity index (χ0v) is 9.50. The first-order valence-corrected chi connectivity index (χ1v) is 5.32. The largest absolute Gasteiger partial charge is 0.481 e. The Morgan fingerprint density at radius 2 is 1.88 bits per heavy atom. The fourth-order valence-electron chi connectivity index (χ4n) is 1.72. The number of aliphatic carboxylic acids is 2. The van der Waals surface area contributed by atoms with E-state index in [1.54, 1.807) is 6.92 Å². The van der Waals surface area contributed by atoms with Crippen molar-refractivity contribution in [3.05, 3.63) is 0 Å². The van der Waals surface area contributed by atoms with Crippen molar-refractivity contribution in [1.29, 1.82) is 0 Å². The van der Waals surface area contributed by atoms with Crippen LogP contribution in [0.3, 0.4) is 0 Å². The molecule has 0 aromatic rings. The van der Waals surface area contributed by atoms with E-state index >= 15 is 0 Å². The lowest BCUT2D eigenvalue weighted by Gasteiger charge is -2.42. The topological polar surface area (TPSA) is 121 Å². The molecule has 1 fully saturated rings. The standard InChI is InChI=1S/C10H16N2O5/c1-5(10(16)17)6-3-12(4-6)9(15)7(11)2-8(13)14/h5-7H,2-4,11H2,1H3,(H,13,14)(H,16,17). The van der Waals surface area contributed by atoms with Gasteiger partial charge in [0.15, 0.2) is 0 Å². The number of carbonyl (C=O) groups excluding carboxylic acids is 1. The van der Waals surface area contributed by atoms with Gasteiger partial charge in [-0.1, -0.05) is 6.92 Å². The molecule has 1 saturated heterocycles. The maximum absolute atomic E-state index is 11.6. The lowest BCUT2D eigenvalue weighted by Crippen LogP contribution is -2.57. The van der Waals surface area contributed by atoms with Crippen LogP contribution in [0.4, 0.5) is 0 Å². The van der Waals surface area contributed by atoms with Gasteiger partial charge in [0.1, 0.15) is 0 Å². The van der Waals surface area contributed by atoms with Crippen LogP contribution in [-0.4, -0.2) is 52.1 Å². The van der Waals surface area contributed by atoms with Crippen LogP contribution in [0.2, 0.25) is 0 Å². The molecule has 0 aromatic heterocycles. The first-order valence-electron chi connectivity index (χ1n) is 5.32. The third-order valence-corrected chi connectivity index (χ3v) is 3.03. The molecule has 4 N–H and O–H groups in total. The Labute approximate surface area is 98.2 Å². The van der Waals surface area contributed by atoms with Gasteiger partial charge >= 0.3 is 11.9 Å². The molecule has 1 amide bonds. The van der Waals surface area contributed by atoms with E-state index in [0.29, 0.717) is 13.1 Å². The molecule has 0 bridgehead atoms. The highest BCUT2D eigenvalue weighted by Gasteiger charge is 2.38. The van der Waals surface area contributed by atoms with Gasteiger partial charge in [-0.3, -0.25) is 14.4 Å². The molecule has 0 saturated carbocycles. The van der Waals surface area contributed by atoms with Crippen LogP contribution in [0.5, 0.6) is 0 Å². The van der Waals surface area contributed by atoms with Crippen molar-refractivity contribution in [3.8, 4) is 0 Å². The van der Waals surface area contributed by atoms with Crippen LogP contribution in [0.25, 0.3) is 0 Å². The molecule has 1 aliphatic heterocycles. The highest BCUT2D eigenvalue weighted by atomic mass is 16.4. The van der Waals surface area contributed by atoms with E-state index in [4.69, 9.17) is 15.9 Å². The predicted octanol–water partition coefficient (Wildman–Crippen LogP) is -1.03. The van der Waals surface area contributed by atoms with E-state index in [1.165, 1.54) is 4.90 Å². The van der Waals surface area contributed by atoms with Crippen molar-refractivity contribution in [2.45, 2.75) is 19.4 Å². The fraction of sp³-hybridized carbons (Fsp3) is 0.700. The van der Waals surface area contributed by atoms with Crippen LogP contribution >= 0.6 is 0 Å². The molecule has 0 radical (unpaired) electrons. The van der Waals surface area contributed by atoms with Crippen molar-refractivity contribution in [2.75, 3.05) is 13.1 Å². The Hall–Kier alpha value is -1.63.